The third kappa shape index (κ3) is 3.97. The van der Waals surface area contributed by atoms with Crippen LogP contribution < -0.4 is 19.7 Å². The number of carbonyl (C=O) groups is 3. The first-order chi connectivity index (χ1) is 18.2. The van der Waals surface area contributed by atoms with E-state index in [9.17, 15) is 19.5 Å². The van der Waals surface area contributed by atoms with Crippen molar-refractivity contribution in [3.63, 3.8) is 0 Å². The fraction of sp³-hybridized carbons (Fsp3) is 0.500. The van der Waals surface area contributed by atoms with Crippen LogP contribution >= 0.6 is 0 Å². The van der Waals surface area contributed by atoms with Crippen LogP contribution in [-0.4, -0.2) is 42.6 Å². The SMILES string of the molecule is COc1ccc(C2NC(CC3CCCCC3)(C(=O)O)C3C(=O)N(c4ccccc4C)C(=O)C23)c(OC)c1C. The topological polar surface area (TPSA) is 105 Å². The van der Waals surface area contributed by atoms with Crippen molar-refractivity contribution in [3.05, 3.63) is 53.1 Å². The molecule has 0 spiro atoms. The number of hydrogen-bond donors (Lipinski definition) is 2. The summed E-state index contributed by atoms with van der Waals surface area (Å²) in [6.07, 6.45) is 5.38. The second-order valence-electron chi connectivity index (χ2n) is 10.9. The zero-order valence-electron chi connectivity index (χ0n) is 22.5. The molecule has 202 valence electrons. The number of carboxylic acids is 1. The van der Waals surface area contributed by atoms with E-state index in [1.807, 2.05) is 32.0 Å². The van der Waals surface area contributed by atoms with E-state index in [2.05, 4.69) is 5.32 Å². The van der Waals surface area contributed by atoms with Crippen molar-refractivity contribution in [3.8, 4) is 11.5 Å². The van der Waals surface area contributed by atoms with Gasteiger partial charge in [0.25, 0.3) is 0 Å². The number of anilines is 1. The van der Waals surface area contributed by atoms with Gasteiger partial charge in [0.15, 0.2) is 0 Å². The van der Waals surface area contributed by atoms with Crippen molar-refractivity contribution in [2.45, 2.75) is 64.0 Å². The van der Waals surface area contributed by atoms with Gasteiger partial charge < -0.3 is 14.6 Å². The Kier molecular flexibility index (Phi) is 6.94. The smallest absolute Gasteiger partial charge is 0.324 e. The number of para-hydroxylation sites is 1. The van der Waals surface area contributed by atoms with Gasteiger partial charge in [0.1, 0.15) is 17.0 Å². The maximum atomic E-state index is 14.2. The molecule has 0 bridgehead atoms. The van der Waals surface area contributed by atoms with Gasteiger partial charge in [0.05, 0.1) is 31.7 Å². The zero-order chi connectivity index (χ0) is 27.2. The third-order valence-electron chi connectivity index (χ3n) is 8.87. The minimum Gasteiger partial charge on any atom is -0.496 e. The quantitative estimate of drug-likeness (QED) is 0.516. The van der Waals surface area contributed by atoms with E-state index in [0.29, 0.717) is 29.2 Å². The molecular formula is C30H36N2O6. The summed E-state index contributed by atoms with van der Waals surface area (Å²) in [6.45, 7) is 3.71. The lowest BCUT2D eigenvalue weighted by atomic mass is 9.72. The fourth-order valence-electron chi connectivity index (χ4n) is 7.07. The number of nitrogens with zero attached hydrogens (tertiary/aromatic N) is 1. The fourth-order valence-corrected chi connectivity index (χ4v) is 7.07. The predicted molar refractivity (Wildman–Crippen MR) is 142 cm³/mol. The lowest BCUT2D eigenvalue weighted by Crippen LogP contribution is -2.57. The Morgan fingerprint density at radius 1 is 1.03 bits per heavy atom. The van der Waals surface area contributed by atoms with Crippen LogP contribution in [0.4, 0.5) is 5.69 Å². The first-order valence-corrected chi connectivity index (χ1v) is 13.4. The molecule has 1 aliphatic carbocycles. The van der Waals surface area contributed by atoms with Gasteiger partial charge in [-0.2, -0.15) is 0 Å². The molecule has 8 heteroatoms. The average Bonchev–Trinajstić information content (AvgIpc) is 3.38. The molecule has 3 aliphatic rings. The summed E-state index contributed by atoms with van der Waals surface area (Å²) < 4.78 is 11.2. The van der Waals surface area contributed by atoms with Crippen molar-refractivity contribution >= 4 is 23.5 Å². The van der Waals surface area contributed by atoms with Crippen LogP contribution in [0.25, 0.3) is 0 Å². The molecule has 2 amide bonds. The highest BCUT2D eigenvalue weighted by atomic mass is 16.5. The summed E-state index contributed by atoms with van der Waals surface area (Å²) in [5, 5.41) is 14.2. The van der Waals surface area contributed by atoms with E-state index < -0.39 is 35.3 Å². The van der Waals surface area contributed by atoms with Crippen LogP contribution in [0.2, 0.25) is 0 Å². The van der Waals surface area contributed by atoms with Crippen molar-refractivity contribution in [2.75, 3.05) is 19.1 Å². The maximum absolute atomic E-state index is 14.2. The number of methoxy groups -OCH3 is 2. The number of imide groups is 1. The molecule has 4 unspecified atom stereocenters. The Balaban J connectivity index is 1.67. The number of ether oxygens (including phenoxy) is 2. The zero-order valence-corrected chi connectivity index (χ0v) is 22.5. The van der Waals surface area contributed by atoms with Crippen molar-refractivity contribution in [1.82, 2.24) is 5.32 Å². The monoisotopic (exact) mass is 520 g/mol. The van der Waals surface area contributed by atoms with Crippen LogP contribution in [0.15, 0.2) is 36.4 Å². The number of aryl methyl sites for hydroxylation is 1. The molecule has 3 fully saturated rings. The van der Waals surface area contributed by atoms with E-state index in [4.69, 9.17) is 9.47 Å². The number of amides is 2. The molecule has 0 radical (unpaired) electrons. The molecule has 2 aromatic carbocycles. The predicted octanol–water partition coefficient (Wildman–Crippen LogP) is 4.56. The Hall–Kier alpha value is -3.39. The van der Waals surface area contributed by atoms with Crippen LogP contribution in [0, 0.1) is 31.6 Å². The van der Waals surface area contributed by atoms with Crippen LogP contribution in [-0.2, 0) is 14.4 Å². The number of aliphatic carboxylic acids is 1. The van der Waals surface area contributed by atoms with Gasteiger partial charge in [0.2, 0.25) is 11.8 Å². The molecule has 2 saturated heterocycles. The molecule has 2 aliphatic heterocycles. The molecule has 1 saturated carbocycles. The molecule has 2 aromatic rings. The molecule has 5 rings (SSSR count). The van der Waals surface area contributed by atoms with Crippen LogP contribution in [0.5, 0.6) is 11.5 Å². The number of nitrogens with one attached hydrogen (secondary N) is 1. The number of fused-ring (bicyclic) bond motifs is 1. The van der Waals surface area contributed by atoms with Crippen molar-refractivity contribution in [1.29, 1.82) is 0 Å². The average molecular weight is 521 g/mol. The Morgan fingerprint density at radius 3 is 2.37 bits per heavy atom. The number of hydrogen-bond acceptors (Lipinski definition) is 6. The van der Waals surface area contributed by atoms with Gasteiger partial charge >= 0.3 is 5.97 Å². The van der Waals surface area contributed by atoms with Crippen LogP contribution in [0.1, 0.15) is 61.3 Å². The Bertz CT molecular complexity index is 1270. The number of benzene rings is 2. The minimum atomic E-state index is -1.57. The van der Waals surface area contributed by atoms with Gasteiger partial charge in [0, 0.05) is 17.2 Å². The van der Waals surface area contributed by atoms with E-state index in [1.165, 1.54) is 4.90 Å². The lowest BCUT2D eigenvalue weighted by molar-refractivity contribution is -0.150. The van der Waals surface area contributed by atoms with Crippen molar-refractivity contribution in [2.24, 2.45) is 17.8 Å². The molecule has 2 heterocycles. The second-order valence-corrected chi connectivity index (χ2v) is 10.9. The Labute approximate surface area is 223 Å². The van der Waals surface area contributed by atoms with Gasteiger partial charge in [-0.05, 0) is 43.9 Å². The Morgan fingerprint density at radius 2 is 1.74 bits per heavy atom. The van der Waals surface area contributed by atoms with Gasteiger partial charge in [-0.3, -0.25) is 19.7 Å². The summed E-state index contributed by atoms with van der Waals surface area (Å²) in [5.41, 5.74) is 1.12. The molecule has 4 atom stereocenters. The summed E-state index contributed by atoms with van der Waals surface area (Å²) in [5.74, 6) is -2.52. The van der Waals surface area contributed by atoms with Gasteiger partial charge in [-0.1, -0.05) is 56.4 Å². The normalized spacial score (nSPS) is 27.5. The number of carboxylic acid groups (broad SMARTS) is 1. The molecular weight excluding hydrogens is 484 g/mol. The van der Waals surface area contributed by atoms with Gasteiger partial charge in [-0.15, -0.1) is 0 Å². The molecule has 2 N–H and O–H groups in total. The van der Waals surface area contributed by atoms with E-state index in [-0.39, 0.29) is 11.8 Å². The van der Waals surface area contributed by atoms with E-state index in [0.717, 1.165) is 43.2 Å². The number of rotatable bonds is 7. The number of carbonyl (C=O) groups excluding carboxylic acids is 2. The largest absolute Gasteiger partial charge is 0.496 e. The standard InChI is InChI=1S/C30H36N2O6/c1-17-10-8-9-13-21(17)32-27(33)23-24(28(32)34)30(29(35)36,16-19-11-6-5-7-12-19)31-25(23)20-14-15-22(37-3)18(2)26(20)38-4/h8-10,13-15,19,23-25,31H,5-7,11-12,16H2,1-4H3,(H,35,36). The third-order valence-corrected chi connectivity index (χ3v) is 8.87. The summed E-state index contributed by atoms with van der Waals surface area (Å²) >= 11 is 0. The van der Waals surface area contributed by atoms with Crippen LogP contribution in [0.3, 0.4) is 0 Å². The minimum absolute atomic E-state index is 0.168. The molecule has 0 aromatic heterocycles. The second kappa shape index (κ2) is 10.1. The first-order valence-electron chi connectivity index (χ1n) is 13.4. The highest BCUT2D eigenvalue weighted by Gasteiger charge is 2.69. The lowest BCUT2D eigenvalue weighted by Gasteiger charge is -2.35. The van der Waals surface area contributed by atoms with E-state index >= 15 is 0 Å². The highest BCUT2D eigenvalue weighted by molar-refractivity contribution is 6.24. The van der Waals surface area contributed by atoms with Gasteiger partial charge in [-0.25, -0.2) is 4.90 Å². The molecule has 38 heavy (non-hydrogen) atoms. The molecule has 8 nitrogen and oxygen atoms in total. The summed E-state index contributed by atoms with van der Waals surface area (Å²) in [6, 6.07) is 10.1. The maximum Gasteiger partial charge on any atom is 0.324 e. The first kappa shape index (κ1) is 26.2. The summed E-state index contributed by atoms with van der Waals surface area (Å²) in [4.78, 5) is 42.7. The highest BCUT2D eigenvalue weighted by Crippen LogP contribution is 2.54. The van der Waals surface area contributed by atoms with Crippen molar-refractivity contribution < 1.29 is 29.0 Å². The summed E-state index contributed by atoms with van der Waals surface area (Å²) in [7, 11) is 3.12. The van der Waals surface area contributed by atoms with E-state index in [1.54, 1.807) is 32.4 Å².